The van der Waals surface area contributed by atoms with Gasteiger partial charge in [0.25, 0.3) is 0 Å². The Morgan fingerprint density at radius 3 is 2.71 bits per heavy atom. The van der Waals surface area contributed by atoms with Crippen LogP contribution in [0, 0.1) is 10.1 Å². The van der Waals surface area contributed by atoms with Crippen LogP contribution in [0.3, 0.4) is 0 Å². The van der Waals surface area contributed by atoms with Gasteiger partial charge in [0.15, 0.2) is 0 Å². The Kier molecular flexibility index (Phi) is 5.89. The molecule has 134 valence electrons. The van der Waals surface area contributed by atoms with Gasteiger partial charge in [-0.05, 0) is 39.7 Å². The van der Waals surface area contributed by atoms with Crippen molar-refractivity contribution in [2.75, 3.05) is 26.2 Å². The van der Waals surface area contributed by atoms with Gasteiger partial charge in [-0.1, -0.05) is 0 Å². The van der Waals surface area contributed by atoms with Gasteiger partial charge < -0.3 is 15.4 Å². The molecule has 1 aromatic heterocycles. The van der Waals surface area contributed by atoms with Crippen molar-refractivity contribution in [3.8, 4) is 0 Å². The van der Waals surface area contributed by atoms with E-state index in [0.29, 0.717) is 26.2 Å². The number of nitrogens with two attached hydrogens (primary N) is 1. The number of likely N-dealkylation sites (tertiary alicyclic amines) is 1. The van der Waals surface area contributed by atoms with Crippen molar-refractivity contribution in [3.63, 3.8) is 0 Å². The highest BCUT2D eigenvalue weighted by atomic mass is 16.6. The van der Waals surface area contributed by atoms with E-state index in [0.717, 1.165) is 25.5 Å². The van der Waals surface area contributed by atoms with Gasteiger partial charge in [-0.15, -0.1) is 0 Å². The number of amides is 1. The highest BCUT2D eigenvalue weighted by Crippen LogP contribution is 2.24. The molecule has 1 aromatic rings. The minimum Gasteiger partial charge on any atom is -0.378 e. The molecule has 0 spiro atoms. The van der Waals surface area contributed by atoms with Gasteiger partial charge in [0, 0.05) is 19.7 Å². The lowest BCUT2D eigenvalue weighted by Gasteiger charge is -2.36. The normalized spacial score (nSPS) is 16.4. The average Bonchev–Trinajstić information content (AvgIpc) is 3.06. The largest absolute Gasteiger partial charge is 0.378 e. The van der Waals surface area contributed by atoms with Crippen LogP contribution in [0.25, 0.3) is 0 Å². The third-order valence-corrected chi connectivity index (χ3v) is 4.31. The Morgan fingerprint density at radius 1 is 1.50 bits per heavy atom. The van der Waals surface area contributed by atoms with Crippen LogP contribution >= 0.6 is 0 Å². The van der Waals surface area contributed by atoms with E-state index in [4.69, 9.17) is 10.5 Å². The summed E-state index contributed by atoms with van der Waals surface area (Å²) in [5.41, 5.74) is 4.35. The Bertz CT molecular complexity index is 578. The Hall–Kier alpha value is -2.00. The predicted octanol–water partition coefficient (Wildman–Crippen LogP) is 0.883. The van der Waals surface area contributed by atoms with E-state index in [1.807, 2.05) is 0 Å². The zero-order valence-corrected chi connectivity index (χ0v) is 14.2. The first kappa shape index (κ1) is 18.3. The molecular weight excluding hydrogens is 314 g/mol. The fraction of sp³-hybridized carbons (Fsp3) is 0.733. The Labute approximate surface area is 140 Å². The predicted molar refractivity (Wildman–Crippen MR) is 87.4 cm³/mol. The molecule has 1 saturated heterocycles. The highest BCUT2D eigenvalue weighted by molar-refractivity contribution is 5.83. The van der Waals surface area contributed by atoms with E-state index in [2.05, 4.69) is 5.10 Å². The molecule has 0 radical (unpaired) electrons. The second-order valence-corrected chi connectivity index (χ2v) is 6.46. The second-order valence-electron chi connectivity index (χ2n) is 6.46. The van der Waals surface area contributed by atoms with Gasteiger partial charge >= 0.3 is 5.69 Å². The van der Waals surface area contributed by atoms with Gasteiger partial charge in [-0.25, -0.2) is 0 Å². The quantitative estimate of drug-likeness (QED) is 0.448. The van der Waals surface area contributed by atoms with Crippen LogP contribution in [-0.4, -0.2) is 57.9 Å². The Balaban J connectivity index is 1.94. The highest BCUT2D eigenvalue weighted by Gasteiger charge is 2.37. The van der Waals surface area contributed by atoms with Gasteiger partial charge in [-0.2, -0.15) is 5.10 Å². The SMILES string of the molecule is CC(C)(C(=O)N1CCC(OCCCN)CC1)n1cc([N+](=O)[O-])cn1. The molecule has 0 aromatic carbocycles. The third-order valence-electron chi connectivity index (χ3n) is 4.31. The number of piperidine rings is 1. The van der Waals surface area contributed by atoms with Crippen LogP contribution < -0.4 is 5.73 Å². The van der Waals surface area contributed by atoms with Crippen molar-refractivity contribution in [3.05, 3.63) is 22.5 Å². The number of carbonyl (C=O) groups excluding carboxylic acids is 1. The number of aromatic nitrogens is 2. The van der Waals surface area contributed by atoms with Crippen LogP contribution in [0.1, 0.15) is 33.1 Å². The smallest absolute Gasteiger partial charge is 0.307 e. The third kappa shape index (κ3) is 4.09. The van der Waals surface area contributed by atoms with Crippen molar-refractivity contribution < 1.29 is 14.5 Å². The first-order chi connectivity index (χ1) is 11.4. The van der Waals surface area contributed by atoms with E-state index in [-0.39, 0.29) is 17.7 Å². The number of nitro groups is 1. The zero-order chi connectivity index (χ0) is 17.7. The van der Waals surface area contributed by atoms with Crippen molar-refractivity contribution in [1.82, 2.24) is 14.7 Å². The van der Waals surface area contributed by atoms with Crippen LogP contribution in [-0.2, 0) is 15.1 Å². The molecule has 24 heavy (non-hydrogen) atoms. The maximum absolute atomic E-state index is 12.8. The number of hydrogen-bond donors (Lipinski definition) is 1. The molecule has 0 atom stereocenters. The summed E-state index contributed by atoms with van der Waals surface area (Å²) in [7, 11) is 0. The lowest BCUT2D eigenvalue weighted by Crippen LogP contribution is -2.50. The van der Waals surface area contributed by atoms with Crippen molar-refractivity contribution in [2.24, 2.45) is 5.73 Å². The topological polar surface area (TPSA) is 117 Å². The first-order valence-electron chi connectivity index (χ1n) is 8.17. The van der Waals surface area contributed by atoms with Crippen molar-refractivity contribution in [1.29, 1.82) is 0 Å². The summed E-state index contributed by atoms with van der Waals surface area (Å²) >= 11 is 0. The fourth-order valence-corrected chi connectivity index (χ4v) is 2.76. The monoisotopic (exact) mass is 339 g/mol. The molecule has 1 aliphatic rings. The minimum atomic E-state index is -0.971. The number of nitrogens with zero attached hydrogens (tertiary/aromatic N) is 4. The van der Waals surface area contributed by atoms with Crippen LogP contribution in [0.2, 0.25) is 0 Å². The van der Waals surface area contributed by atoms with Gasteiger partial charge in [0.05, 0.1) is 11.0 Å². The standard InChI is InChI=1S/C15H25N5O4/c1-15(2,19-11-12(10-17-19)20(22)23)14(21)18-7-4-13(5-8-18)24-9-3-6-16/h10-11,13H,3-9,16H2,1-2H3. The van der Waals surface area contributed by atoms with Crippen LogP contribution in [0.15, 0.2) is 12.4 Å². The zero-order valence-electron chi connectivity index (χ0n) is 14.2. The first-order valence-corrected chi connectivity index (χ1v) is 8.17. The number of rotatable bonds is 7. The molecule has 0 aliphatic carbocycles. The molecular formula is C15H25N5O4. The van der Waals surface area contributed by atoms with E-state index >= 15 is 0 Å². The van der Waals surface area contributed by atoms with E-state index in [1.165, 1.54) is 10.9 Å². The lowest BCUT2D eigenvalue weighted by atomic mass is 10.0. The van der Waals surface area contributed by atoms with E-state index in [1.54, 1.807) is 18.7 Å². The second kappa shape index (κ2) is 7.71. The molecule has 1 amide bonds. The summed E-state index contributed by atoms with van der Waals surface area (Å²) in [5.74, 6) is -0.0964. The lowest BCUT2D eigenvalue weighted by molar-refractivity contribution is -0.385. The summed E-state index contributed by atoms with van der Waals surface area (Å²) < 4.78 is 7.10. The summed E-state index contributed by atoms with van der Waals surface area (Å²) in [5, 5.41) is 14.8. The van der Waals surface area contributed by atoms with E-state index < -0.39 is 10.5 Å². The van der Waals surface area contributed by atoms with Crippen molar-refractivity contribution in [2.45, 2.75) is 44.8 Å². The molecule has 0 saturated carbocycles. The summed E-state index contributed by atoms with van der Waals surface area (Å²) in [6.07, 6.45) is 5.02. The summed E-state index contributed by atoms with van der Waals surface area (Å²) in [6.45, 7) is 5.92. The molecule has 2 heterocycles. The minimum absolute atomic E-state index is 0.0964. The molecule has 2 N–H and O–H groups in total. The molecule has 9 nitrogen and oxygen atoms in total. The number of ether oxygens (including phenoxy) is 1. The maximum Gasteiger partial charge on any atom is 0.307 e. The van der Waals surface area contributed by atoms with E-state index in [9.17, 15) is 14.9 Å². The molecule has 2 rings (SSSR count). The molecule has 1 fully saturated rings. The fourth-order valence-electron chi connectivity index (χ4n) is 2.76. The van der Waals surface area contributed by atoms with Crippen LogP contribution in [0.4, 0.5) is 5.69 Å². The Morgan fingerprint density at radius 2 is 2.17 bits per heavy atom. The molecule has 1 aliphatic heterocycles. The molecule has 0 bridgehead atoms. The van der Waals surface area contributed by atoms with Crippen molar-refractivity contribution >= 4 is 11.6 Å². The molecule has 9 heteroatoms. The van der Waals surface area contributed by atoms with Gasteiger partial charge in [0.1, 0.15) is 17.9 Å². The van der Waals surface area contributed by atoms with Crippen LogP contribution in [0.5, 0.6) is 0 Å². The number of carbonyl (C=O) groups is 1. The molecule has 0 unspecified atom stereocenters. The summed E-state index contributed by atoms with van der Waals surface area (Å²) in [6, 6.07) is 0. The van der Waals surface area contributed by atoms with Gasteiger partial charge in [0.2, 0.25) is 5.91 Å². The maximum atomic E-state index is 12.8. The summed E-state index contributed by atoms with van der Waals surface area (Å²) in [4.78, 5) is 24.9. The van der Waals surface area contributed by atoms with Gasteiger partial charge in [-0.3, -0.25) is 19.6 Å². The number of hydrogen-bond acceptors (Lipinski definition) is 6. The average molecular weight is 339 g/mol.